The number of ether oxygens (including phenoxy) is 1. The van der Waals surface area contributed by atoms with E-state index in [0.29, 0.717) is 12.3 Å². The zero-order valence-electron chi connectivity index (χ0n) is 11.4. The zero-order chi connectivity index (χ0) is 14.5. The van der Waals surface area contributed by atoms with E-state index in [1.165, 1.54) is 19.2 Å². The Morgan fingerprint density at radius 2 is 2.20 bits per heavy atom. The number of nitro benzene ring substituents is 1. The van der Waals surface area contributed by atoms with Gasteiger partial charge < -0.3 is 10.1 Å². The van der Waals surface area contributed by atoms with Gasteiger partial charge in [-0.3, -0.25) is 14.8 Å². The molecule has 1 heterocycles. The molecule has 1 aromatic carbocycles. The van der Waals surface area contributed by atoms with Crippen LogP contribution in [0.4, 0.5) is 5.69 Å². The number of benzene rings is 1. The minimum Gasteiger partial charge on any atom is -0.496 e. The second kappa shape index (κ2) is 6.16. The van der Waals surface area contributed by atoms with Gasteiger partial charge in [0.1, 0.15) is 5.75 Å². The van der Waals surface area contributed by atoms with Crippen molar-refractivity contribution in [3.8, 4) is 5.75 Å². The van der Waals surface area contributed by atoms with Crippen molar-refractivity contribution in [2.45, 2.75) is 13.1 Å². The van der Waals surface area contributed by atoms with E-state index in [2.05, 4.69) is 10.4 Å². The molecule has 0 spiro atoms. The molecular formula is C13H16N4O3. The van der Waals surface area contributed by atoms with Gasteiger partial charge in [-0.05, 0) is 18.7 Å². The Hall–Kier alpha value is -2.41. The Balaban J connectivity index is 2.22. The van der Waals surface area contributed by atoms with Gasteiger partial charge in [-0.25, -0.2) is 0 Å². The largest absolute Gasteiger partial charge is 0.496 e. The number of rotatable bonds is 6. The topological polar surface area (TPSA) is 82.2 Å². The second-order valence-corrected chi connectivity index (χ2v) is 4.37. The fraction of sp³-hybridized carbons (Fsp3) is 0.308. The van der Waals surface area contributed by atoms with Gasteiger partial charge in [-0.1, -0.05) is 0 Å². The van der Waals surface area contributed by atoms with Crippen LogP contribution in [0.1, 0.15) is 11.1 Å². The maximum atomic E-state index is 10.9. The van der Waals surface area contributed by atoms with Crippen LogP contribution in [-0.2, 0) is 13.1 Å². The van der Waals surface area contributed by atoms with Crippen molar-refractivity contribution in [1.82, 2.24) is 15.1 Å². The molecule has 0 saturated carbocycles. The highest BCUT2D eigenvalue weighted by Gasteiger charge is 2.11. The van der Waals surface area contributed by atoms with E-state index >= 15 is 0 Å². The molecule has 2 aromatic rings. The molecule has 2 rings (SSSR count). The number of non-ortho nitro benzene ring substituents is 1. The predicted octanol–water partition coefficient (Wildman–Crippen LogP) is 1.57. The second-order valence-electron chi connectivity index (χ2n) is 4.37. The highest BCUT2D eigenvalue weighted by molar-refractivity contribution is 5.42. The Kier molecular flexibility index (Phi) is 4.31. The van der Waals surface area contributed by atoms with Crippen molar-refractivity contribution < 1.29 is 9.66 Å². The fourth-order valence-corrected chi connectivity index (χ4v) is 1.93. The lowest BCUT2D eigenvalue weighted by molar-refractivity contribution is -0.385. The van der Waals surface area contributed by atoms with Crippen LogP contribution in [0.2, 0.25) is 0 Å². The molecule has 7 nitrogen and oxygen atoms in total. The summed E-state index contributed by atoms with van der Waals surface area (Å²) in [6.45, 7) is 1.19. The average molecular weight is 276 g/mol. The van der Waals surface area contributed by atoms with E-state index in [9.17, 15) is 10.1 Å². The lowest BCUT2D eigenvalue weighted by Crippen LogP contribution is -2.04. The lowest BCUT2D eigenvalue weighted by atomic mass is 10.2. The van der Waals surface area contributed by atoms with E-state index in [-0.39, 0.29) is 5.69 Å². The van der Waals surface area contributed by atoms with Gasteiger partial charge in [0.15, 0.2) is 0 Å². The Morgan fingerprint density at radius 1 is 1.40 bits per heavy atom. The van der Waals surface area contributed by atoms with E-state index in [0.717, 1.165) is 17.7 Å². The number of aromatic nitrogens is 2. The van der Waals surface area contributed by atoms with Crippen LogP contribution < -0.4 is 10.1 Å². The van der Waals surface area contributed by atoms with Crippen molar-refractivity contribution in [3.05, 3.63) is 51.8 Å². The van der Waals surface area contributed by atoms with Crippen LogP contribution in [0.5, 0.6) is 5.75 Å². The summed E-state index contributed by atoms with van der Waals surface area (Å²) in [7, 11) is 3.35. The van der Waals surface area contributed by atoms with E-state index in [1.807, 2.05) is 13.2 Å². The van der Waals surface area contributed by atoms with Gasteiger partial charge in [0, 0.05) is 24.4 Å². The molecule has 0 radical (unpaired) electrons. The normalized spacial score (nSPS) is 10.5. The Morgan fingerprint density at radius 3 is 2.85 bits per heavy atom. The van der Waals surface area contributed by atoms with Gasteiger partial charge in [-0.2, -0.15) is 5.10 Å². The fourth-order valence-electron chi connectivity index (χ4n) is 1.93. The van der Waals surface area contributed by atoms with E-state index in [4.69, 9.17) is 4.74 Å². The molecule has 0 unspecified atom stereocenters. The summed E-state index contributed by atoms with van der Waals surface area (Å²) in [6.07, 6.45) is 3.67. The maximum Gasteiger partial charge on any atom is 0.273 e. The van der Waals surface area contributed by atoms with E-state index in [1.54, 1.807) is 16.9 Å². The molecule has 0 saturated heterocycles. The molecule has 0 amide bonds. The number of nitrogens with zero attached hydrogens (tertiary/aromatic N) is 3. The minimum absolute atomic E-state index is 0.0157. The van der Waals surface area contributed by atoms with Crippen LogP contribution in [-0.4, -0.2) is 28.9 Å². The minimum atomic E-state index is -0.429. The first kappa shape index (κ1) is 14.0. The summed E-state index contributed by atoms with van der Waals surface area (Å²) in [4.78, 5) is 10.5. The molecule has 0 atom stereocenters. The number of nitro groups is 1. The van der Waals surface area contributed by atoms with Crippen LogP contribution in [0, 0.1) is 10.1 Å². The molecule has 1 N–H and O–H groups in total. The van der Waals surface area contributed by atoms with Gasteiger partial charge >= 0.3 is 0 Å². The average Bonchev–Trinajstić information content (AvgIpc) is 2.86. The summed E-state index contributed by atoms with van der Waals surface area (Å²) < 4.78 is 6.82. The summed E-state index contributed by atoms with van der Waals surface area (Å²) >= 11 is 0. The third kappa shape index (κ3) is 3.33. The molecule has 1 aromatic heterocycles. The monoisotopic (exact) mass is 276 g/mol. The number of hydrogen-bond acceptors (Lipinski definition) is 5. The van der Waals surface area contributed by atoms with Crippen molar-refractivity contribution >= 4 is 5.69 Å². The molecule has 0 aliphatic heterocycles. The Labute approximate surface area is 116 Å². The first-order valence-corrected chi connectivity index (χ1v) is 6.10. The number of nitrogens with one attached hydrogen (secondary N) is 1. The zero-order valence-corrected chi connectivity index (χ0v) is 11.4. The Bertz CT molecular complexity index is 609. The van der Waals surface area contributed by atoms with Gasteiger partial charge in [0.05, 0.1) is 30.8 Å². The van der Waals surface area contributed by atoms with Crippen LogP contribution in [0.15, 0.2) is 30.6 Å². The highest BCUT2D eigenvalue weighted by Crippen LogP contribution is 2.23. The number of hydrogen-bond donors (Lipinski definition) is 1. The molecule has 0 aliphatic rings. The standard InChI is InChI=1S/C13H16N4O3/c1-14-6-11-7-15-16(9-11)8-10-3-12(17(18)19)5-13(4-10)20-2/h3-5,7,9,14H,6,8H2,1-2H3. The van der Waals surface area contributed by atoms with Gasteiger partial charge in [-0.15, -0.1) is 0 Å². The molecule has 20 heavy (non-hydrogen) atoms. The smallest absolute Gasteiger partial charge is 0.273 e. The van der Waals surface area contributed by atoms with Crippen LogP contribution in [0.3, 0.4) is 0 Å². The quantitative estimate of drug-likeness (QED) is 0.639. The molecular weight excluding hydrogens is 260 g/mol. The molecule has 0 fully saturated rings. The van der Waals surface area contributed by atoms with Gasteiger partial charge in [0.2, 0.25) is 0 Å². The lowest BCUT2D eigenvalue weighted by Gasteiger charge is -2.05. The number of methoxy groups -OCH3 is 1. The van der Waals surface area contributed by atoms with Crippen molar-refractivity contribution in [1.29, 1.82) is 0 Å². The molecule has 0 bridgehead atoms. The SMILES string of the molecule is CNCc1cnn(Cc2cc(OC)cc([N+](=O)[O-])c2)c1. The van der Waals surface area contributed by atoms with E-state index < -0.39 is 4.92 Å². The van der Waals surface area contributed by atoms with Crippen LogP contribution >= 0.6 is 0 Å². The summed E-state index contributed by atoms with van der Waals surface area (Å²) in [6, 6.07) is 4.70. The first-order valence-electron chi connectivity index (χ1n) is 6.10. The highest BCUT2D eigenvalue weighted by atomic mass is 16.6. The maximum absolute atomic E-state index is 10.9. The first-order chi connectivity index (χ1) is 9.62. The third-order valence-electron chi connectivity index (χ3n) is 2.81. The summed E-state index contributed by atoms with van der Waals surface area (Å²) in [5.41, 5.74) is 1.85. The molecule has 106 valence electrons. The summed E-state index contributed by atoms with van der Waals surface area (Å²) in [5, 5.41) is 18.1. The van der Waals surface area contributed by atoms with Crippen LogP contribution in [0.25, 0.3) is 0 Å². The summed E-state index contributed by atoms with van der Waals surface area (Å²) in [5.74, 6) is 0.469. The van der Waals surface area contributed by atoms with Crippen molar-refractivity contribution in [3.63, 3.8) is 0 Å². The molecule has 0 aliphatic carbocycles. The van der Waals surface area contributed by atoms with Gasteiger partial charge in [0.25, 0.3) is 5.69 Å². The predicted molar refractivity (Wildman–Crippen MR) is 73.7 cm³/mol. The third-order valence-corrected chi connectivity index (χ3v) is 2.81. The van der Waals surface area contributed by atoms with Crippen molar-refractivity contribution in [2.75, 3.05) is 14.2 Å². The van der Waals surface area contributed by atoms with Crippen molar-refractivity contribution in [2.24, 2.45) is 0 Å². The molecule has 7 heteroatoms.